The molecule has 0 aromatic heterocycles. The second-order valence-corrected chi connectivity index (χ2v) is 5.71. The Bertz CT molecular complexity index is 733. The number of amides is 1. The number of benzene rings is 2. The molecule has 0 heterocycles. The second-order valence-electron chi connectivity index (χ2n) is 5.28. The Balaban J connectivity index is 1.82. The third-order valence-electron chi connectivity index (χ3n) is 3.39. The van der Waals surface area contributed by atoms with Crippen LogP contribution >= 0.6 is 11.6 Å². The number of carbonyl (C=O) groups excluding carboxylic acids is 2. The van der Waals surface area contributed by atoms with Gasteiger partial charge in [-0.3, -0.25) is 9.59 Å². The fourth-order valence-corrected chi connectivity index (χ4v) is 2.43. The van der Waals surface area contributed by atoms with Crippen molar-refractivity contribution >= 4 is 23.8 Å². The molecule has 6 heteroatoms. The van der Waals surface area contributed by atoms with E-state index in [0.717, 1.165) is 11.8 Å². The van der Waals surface area contributed by atoms with Crippen LogP contribution in [0.3, 0.4) is 0 Å². The van der Waals surface area contributed by atoms with Crippen LogP contribution < -0.4 is 14.8 Å². The summed E-state index contributed by atoms with van der Waals surface area (Å²) in [7, 11) is 0. The lowest BCUT2D eigenvalue weighted by atomic mass is 10.1. The van der Waals surface area contributed by atoms with Gasteiger partial charge >= 0.3 is 0 Å². The van der Waals surface area contributed by atoms with Crippen molar-refractivity contribution in [3.05, 3.63) is 58.6 Å². The average Bonchev–Trinajstić information content (AvgIpc) is 2.61. The molecular weight excluding hydrogens is 342 g/mol. The van der Waals surface area contributed by atoms with Crippen molar-refractivity contribution < 1.29 is 19.1 Å². The third kappa shape index (κ3) is 6.12. The normalized spacial score (nSPS) is 10.2. The van der Waals surface area contributed by atoms with Crippen molar-refractivity contribution in [3.8, 4) is 11.5 Å². The van der Waals surface area contributed by atoms with Crippen LogP contribution in [-0.2, 0) is 11.2 Å². The largest absolute Gasteiger partial charge is 0.490 e. The fourth-order valence-electron chi connectivity index (χ4n) is 2.22. The summed E-state index contributed by atoms with van der Waals surface area (Å²) in [5.41, 5.74) is 1.54. The van der Waals surface area contributed by atoms with Crippen LogP contribution in [0.2, 0.25) is 5.02 Å². The van der Waals surface area contributed by atoms with Gasteiger partial charge in [0.25, 0.3) is 5.91 Å². The van der Waals surface area contributed by atoms with Gasteiger partial charge in [-0.15, -0.1) is 0 Å². The summed E-state index contributed by atoms with van der Waals surface area (Å²) in [5.74, 6) is 0.639. The summed E-state index contributed by atoms with van der Waals surface area (Å²) < 4.78 is 10.9. The Morgan fingerprint density at radius 2 is 2.00 bits per heavy atom. The molecule has 0 fully saturated rings. The molecule has 2 aromatic carbocycles. The van der Waals surface area contributed by atoms with Gasteiger partial charge in [-0.1, -0.05) is 23.7 Å². The predicted octanol–water partition coefficient (Wildman–Crippen LogP) is 3.29. The molecular formula is C19H20ClNO4. The Kier molecular flexibility index (Phi) is 7.29. The molecule has 0 saturated carbocycles. The number of carbonyl (C=O) groups is 2. The molecule has 0 unspecified atom stereocenters. The molecule has 1 N–H and O–H groups in total. The van der Waals surface area contributed by atoms with E-state index >= 15 is 0 Å². The zero-order valence-corrected chi connectivity index (χ0v) is 14.7. The number of rotatable bonds is 9. The number of aldehydes is 1. The van der Waals surface area contributed by atoms with Gasteiger partial charge < -0.3 is 14.8 Å². The Hall–Kier alpha value is -2.53. The molecule has 0 bridgehead atoms. The minimum Gasteiger partial charge on any atom is -0.490 e. The van der Waals surface area contributed by atoms with Crippen molar-refractivity contribution in [2.45, 2.75) is 13.3 Å². The van der Waals surface area contributed by atoms with Gasteiger partial charge in [0.15, 0.2) is 18.1 Å². The fraction of sp³-hybridized carbons (Fsp3) is 0.263. The smallest absolute Gasteiger partial charge is 0.257 e. The highest BCUT2D eigenvalue weighted by atomic mass is 35.5. The van der Waals surface area contributed by atoms with Gasteiger partial charge in [-0.2, -0.15) is 0 Å². The molecule has 0 atom stereocenters. The Labute approximate surface area is 151 Å². The zero-order valence-electron chi connectivity index (χ0n) is 14.0. The van der Waals surface area contributed by atoms with Gasteiger partial charge in [-0.25, -0.2) is 0 Å². The minimum atomic E-state index is -0.232. The number of nitrogens with one attached hydrogen (secondary N) is 1. The van der Waals surface area contributed by atoms with Crippen molar-refractivity contribution in [1.29, 1.82) is 0 Å². The number of ether oxygens (including phenoxy) is 2. The van der Waals surface area contributed by atoms with E-state index in [0.29, 0.717) is 41.7 Å². The van der Waals surface area contributed by atoms with Crippen LogP contribution in [0.5, 0.6) is 11.5 Å². The van der Waals surface area contributed by atoms with Crippen molar-refractivity contribution in [2.24, 2.45) is 0 Å². The van der Waals surface area contributed by atoms with E-state index in [1.165, 1.54) is 0 Å². The monoisotopic (exact) mass is 361 g/mol. The summed E-state index contributed by atoms with van der Waals surface area (Å²) in [6.07, 6.45) is 1.42. The first-order valence-corrected chi connectivity index (χ1v) is 8.36. The highest BCUT2D eigenvalue weighted by molar-refractivity contribution is 6.30. The molecule has 0 aliphatic rings. The maximum absolute atomic E-state index is 11.9. The average molecular weight is 362 g/mol. The topological polar surface area (TPSA) is 64.6 Å². The summed E-state index contributed by atoms with van der Waals surface area (Å²) in [4.78, 5) is 22.7. The van der Waals surface area contributed by atoms with Gasteiger partial charge in [0.05, 0.1) is 6.61 Å². The lowest BCUT2D eigenvalue weighted by molar-refractivity contribution is -0.123. The zero-order chi connectivity index (χ0) is 18.1. The first-order valence-electron chi connectivity index (χ1n) is 7.98. The molecule has 0 aliphatic heterocycles. The van der Waals surface area contributed by atoms with E-state index in [2.05, 4.69) is 5.32 Å². The Morgan fingerprint density at radius 3 is 2.72 bits per heavy atom. The van der Waals surface area contributed by atoms with Crippen LogP contribution in [0.25, 0.3) is 0 Å². The van der Waals surface area contributed by atoms with Crippen molar-refractivity contribution in [2.75, 3.05) is 19.8 Å². The maximum atomic E-state index is 11.9. The lowest BCUT2D eigenvalue weighted by Crippen LogP contribution is -2.30. The lowest BCUT2D eigenvalue weighted by Gasteiger charge is -2.12. The Morgan fingerprint density at radius 1 is 1.16 bits per heavy atom. The van der Waals surface area contributed by atoms with Crippen LogP contribution in [0.4, 0.5) is 0 Å². The molecule has 1 amide bonds. The predicted molar refractivity (Wildman–Crippen MR) is 96.7 cm³/mol. The van der Waals surface area contributed by atoms with Crippen LogP contribution in [-0.4, -0.2) is 32.0 Å². The summed E-state index contributed by atoms with van der Waals surface area (Å²) in [6.45, 7) is 2.63. The van der Waals surface area contributed by atoms with E-state index in [1.54, 1.807) is 18.2 Å². The molecule has 25 heavy (non-hydrogen) atoms. The van der Waals surface area contributed by atoms with Gasteiger partial charge in [0.1, 0.15) is 6.29 Å². The van der Waals surface area contributed by atoms with Crippen molar-refractivity contribution in [1.82, 2.24) is 5.32 Å². The van der Waals surface area contributed by atoms with E-state index < -0.39 is 0 Å². The number of hydrogen-bond acceptors (Lipinski definition) is 4. The number of halogens is 1. The molecule has 0 spiro atoms. The van der Waals surface area contributed by atoms with Crippen molar-refractivity contribution in [3.63, 3.8) is 0 Å². The van der Waals surface area contributed by atoms with E-state index in [-0.39, 0.29) is 12.5 Å². The first kappa shape index (κ1) is 18.8. The van der Waals surface area contributed by atoms with Crippen LogP contribution in [0.1, 0.15) is 22.8 Å². The van der Waals surface area contributed by atoms with E-state index in [4.69, 9.17) is 21.1 Å². The quantitative estimate of drug-likeness (QED) is 0.696. The molecule has 5 nitrogen and oxygen atoms in total. The van der Waals surface area contributed by atoms with Gasteiger partial charge in [0.2, 0.25) is 0 Å². The second kappa shape index (κ2) is 9.69. The molecule has 132 valence electrons. The SMILES string of the molecule is CCOc1cc(C=O)ccc1OCC(=O)NCCc1cccc(Cl)c1. The van der Waals surface area contributed by atoms with Crippen LogP contribution in [0, 0.1) is 0 Å². The molecule has 0 aliphatic carbocycles. The van der Waals surface area contributed by atoms with Gasteiger partial charge in [-0.05, 0) is 49.2 Å². The summed E-state index contributed by atoms with van der Waals surface area (Å²) in [6, 6.07) is 12.3. The van der Waals surface area contributed by atoms with E-state index in [9.17, 15) is 9.59 Å². The number of hydrogen-bond donors (Lipinski definition) is 1. The molecule has 0 radical (unpaired) electrons. The standard InChI is InChI=1S/C19H20ClNO4/c1-2-24-18-11-15(12-22)6-7-17(18)25-13-19(23)21-9-8-14-4-3-5-16(20)10-14/h3-7,10-12H,2,8-9,13H2,1H3,(H,21,23). The van der Waals surface area contributed by atoms with Crippen LogP contribution in [0.15, 0.2) is 42.5 Å². The summed E-state index contributed by atoms with van der Waals surface area (Å²) in [5, 5.41) is 3.47. The minimum absolute atomic E-state index is 0.129. The third-order valence-corrected chi connectivity index (χ3v) is 3.62. The molecule has 2 rings (SSSR count). The first-order chi connectivity index (χ1) is 12.1. The highest BCUT2D eigenvalue weighted by Crippen LogP contribution is 2.27. The highest BCUT2D eigenvalue weighted by Gasteiger charge is 2.09. The molecule has 0 saturated heterocycles. The van der Waals surface area contributed by atoms with E-state index in [1.807, 2.05) is 31.2 Å². The maximum Gasteiger partial charge on any atom is 0.257 e. The molecule has 2 aromatic rings. The van der Waals surface area contributed by atoms with Gasteiger partial charge in [0, 0.05) is 17.1 Å². The summed E-state index contributed by atoms with van der Waals surface area (Å²) >= 11 is 5.92.